The molecular weight excluding hydrogens is 376 g/mol. The number of benzene rings is 2. The highest BCUT2D eigenvalue weighted by Crippen LogP contribution is 2.27. The molecule has 0 spiro atoms. The van der Waals surface area contributed by atoms with Gasteiger partial charge in [-0.2, -0.15) is 0 Å². The van der Waals surface area contributed by atoms with Crippen LogP contribution in [0, 0.1) is 6.92 Å². The molecule has 7 nitrogen and oxygen atoms in total. The van der Waals surface area contributed by atoms with Crippen molar-refractivity contribution in [3.05, 3.63) is 53.6 Å². The van der Waals surface area contributed by atoms with Gasteiger partial charge < -0.3 is 14.8 Å². The fourth-order valence-corrected chi connectivity index (χ4v) is 3.15. The molecule has 3 aromatic rings. The van der Waals surface area contributed by atoms with Crippen molar-refractivity contribution in [2.24, 2.45) is 0 Å². The number of thioether (sulfide) groups is 1. The summed E-state index contributed by atoms with van der Waals surface area (Å²) in [4.78, 5) is 16.6. The van der Waals surface area contributed by atoms with E-state index in [1.54, 1.807) is 14.2 Å². The number of aromatic nitrogens is 3. The third kappa shape index (κ3) is 5.04. The van der Waals surface area contributed by atoms with Crippen molar-refractivity contribution in [1.29, 1.82) is 0 Å². The van der Waals surface area contributed by atoms with Crippen molar-refractivity contribution >= 4 is 17.7 Å². The molecule has 2 N–H and O–H groups in total. The standard InChI is InChI=1S/C20H22N4O3S/c1-13-4-7-15(8-5-13)19-22-20(24-23-19)28-12-18(25)21-11-14-6-9-16(26-2)17(10-14)27-3/h4-10H,11-12H2,1-3H3,(H,21,25)(H,22,23,24). The van der Waals surface area contributed by atoms with Crippen LogP contribution in [0.4, 0.5) is 0 Å². The topological polar surface area (TPSA) is 89.1 Å². The summed E-state index contributed by atoms with van der Waals surface area (Å²) in [6.07, 6.45) is 0. The summed E-state index contributed by atoms with van der Waals surface area (Å²) in [6.45, 7) is 2.44. The summed E-state index contributed by atoms with van der Waals surface area (Å²) in [5.74, 6) is 2.11. The number of ether oxygens (including phenoxy) is 2. The van der Waals surface area contributed by atoms with Gasteiger partial charge in [0.1, 0.15) is 0 Å². The molecule has 8 heteroatoms. The van der Waals surface area contributed by atoms with Gasteiger partial charge in [-0.15, -0.1) is 5.10 Å². The van der Waals surface area contributed by atoms with Gasteiger partial charge in [0, 0.05) is 12.1 Å². The maximum atomic E-state index is 12.1. The summed E-state index contributed by atoms with van der Waals surface area (Å²) in [6, 6.07) is 13.6. The van der Waals surface area contributed by atoms with Crippen molar-refractivity contribution in [2.75, 3.05) is 20.0 Å². The largest absolute Gasteiger partial charge is 0.493 e. The van der Waals surface area contributed by atoms with Gasteiger partial charge in [0.15, 0.2) is 17.3 Å². The Labute approximate surface area is 167 Å². The summed E-state index contributed by atoms with van der Waals surface area (Å²) in [5, 5.41) is 10.5. The van der Waals surface area contributed by atoms with Crippen molar-refractivity contribution in [2.45, 2.75) is 18.6 Å². The predicted octanol–water partition coefficient (Wildman–Crippen LogP) is 3.21. The van der Waals surface area contributed by atoms with Crippen LogP contribution in [-0.4, -0.2) is 41.1 Å². The number of hydrogen-bond acceptors (Lipinski definition) is 6. The average Bonchev–Trinajstić information content (AvgIpc) is 3.20. The Hall–Kier alpha value is -3.00. The van der Waals surface area contributed by atoms with Gasteiger partial charge in [0.05, 0.1) is 20.0 Å². The van der Waals surface area contributed by atoms with E-state index in [0.29, 0.717) is 29.0 Å². The second-order valence-corrected chi connectivity index (χ2v) is 7.03. The van der Waals surface area contributed by atoms with Crippen LogP contribution in [0.5, 0.6) is 11.5 Å². The van der Waals surface area contributed by atoms with Gasteiger partial charge in [-0.25, -0.2) is 4.98 Å². The number of methoxy groups -OCH3 is 2. The van der Waals surface area contributed by atoms with Crippen LogP contribution in [0.25, 0.3) is 11.4 Å². The highest BCUT2D eigenvalue weighted by atomic mass is 32.2. The Morgan fingerprint density at radius 2 is 1.86 bits per heavy atom. The molecule has 0 radical (unpaired) electrons. The smallest absolute Gasteiger partial charge is 0.230 e. The minimum absolute atomic E-state index is 0.0959. The number of carbonyl (C=O) groups is 1. The highest BCUT2D eigenvalue weighted by Gasteiger charge is 2.10. The molecule has 0 aliphatic carbocycles. The number of nitrogens with zero attached hydrogens (tertiary/aromatic N) is 2. The van der Waals surface area contributed by atoms with Crippen LogP contribution in [-0.2, 0) is 11.3 Å². The Balaban J connectivity index is 1.50. The van der Waals surface area contributed by atoms with E-state index in [4.69, 9.17) is 9.47 Å². The monoisotopic (exact) mass is 398 g/mol. The minimum Gasteiger partial charge on any atom is -0.493 e. The Bertz CT molecular complexity index is 941. The van der Waals surface area contributed by atoms with Crippen molar-refractivity contribution < 1.29 is 14.3 Å². The van der Waals surface area contributed by atoms with Crippen molar-refractivity contribution in [3.8, 4) is 22.9 Å². The van der Waals surface area contributed by atoms with Crippen LogP contribution < -0.4 is 14.8 Å². The van der Waals surface area contributed by atoms with Crippen LogP contribution in [0.2, 0.25) is 0 Å². The summed E-state index contributed by atoms with van der Waals surface area (Å²) in [7, 11) is 3.17. The van der Waals surface area contributed by atoms with Crippen LogP contribution >= 0.6 is 11.8 Å². The number of nitrogens with one attached hydrogen (secondary N) is 2. The van der Waals surface area contributed by atoms with Gasteiger partial charge in [0.25, 0.3) is 0 Å². The number of aromatic amines is 1. The zero-order chi connectivity index (χ0) is 19.9. The molecule has 1 heterocycles. The first kappa shape index (κ1) is 19.8. The number of aryl methyl sites for hydroxylation is 1. The molecule has 0 aliphatic heterocycles. The van der Waals surface area contributed by atoms with E-state index in [0.717, 1.165) is 11.1 Å². The lowest BCUT2D eigenvalue weighted by atomic mass is 10.1. The van der Waals surface area contributed by atoms with Gasteiger partial charge in [-0.05, 0) is 24.6 Å². The molecule has 0 fully saturated rings. The summed E-state index contributed by atoms with van der Waals surface area (Å²) >= 11 is 1.29. The number of H-pyrrole nitrogens is 1. The van der Waals surface area contributed by atoms with E-state index >= 15 is 0 Å². The van der Waals surface area contributed by atoms with E-state index in [9.17, 15) is 4.79 Å². The third-order valence-electron chi connectivity index (χ3n) is 4.06. The second kappa shape index (κ2) is 9.27. The van der Waals surface area contributed by atoms with Gasteiger partial charge in [0.2, 0.25) is 11.1 Å². The lowest BCUT2D eigenvalue weighted by Crippen LogP contribution is -2.24. The molecule has 1 aromatic heterocycles. The molecule has 0 saturated carbocycles. The normalized spacial score (nSPS) is 10.5. The summed E-state index contributed by atoms with van der Waals surface area (Å²) in [5.41, 5.74) is 3.07. The van der Waals surface area contributed by atoms with E-state index in [-0.39, 0.29) is 11.7 Å². The van der Waals surface area contributed by atoms with Crippen LogP contribution in [0.15, 0.2) is 47.6 Å². The van der Waals surface area contributed by atoms with Gasteiger partial charge in [-0.3, -0.25) is 9.89 Å². The minimum atomic E-state index is -0.0959. The number of carbonyl (C=O) groups excluding carboxylic acids is 1. The van der Waals surface area contributed by atoms with Gasteiger partial charge in [-0.1, -0.05) is 47.7 Å². The molecular formula is C20H22N4O3S. The van der Waals surface area contributed by atoms with Gasteiger partial charge >= 0.3 is 0 Å². The first-order valence-corrected chi connectivity index (χ1v) is 9.67. The molecule has 2 aromatic carbocycles. The number of hydrogen-bond donors (Lipinski definition) is 2. The fourth-order valence-electron chi connectivity index (χ4n) is 2.52. The van der Waals surface area contributed by atoms with Crippen LogP contribution in [0.3, 0.4) is 0 Å². The number of rotatable bonds is 8. The molecule has 1 amide bonds. The van der Waals surface area contributed by atoms with Crippen molar-refractivity contribution in [3.63, 3.8) is 0 Å². The lowest BCUT2D eigenvalue weighted by molar-refractivity contribution is -0.118. The van der Waals surface area contributed by atoms with Crippen LogP contribution in [0.1, 0.15) is 11.1 Å². The lowest BCUT2D eigenvalue weighted by Gasteiger charge is -2.10. The maximum Gasteiger partial charge on any atom is 0.230 e. The SMILES string of the molecule is COc1ccc(CNC(=O)CSc2n[nH]c(-c3ccc(C)cc3)n2)cc1OC. The highest BCUT2D eigenvalue weighted by molar-refractivity contribution is 7.99. The summed E-state index contributed by atoms with van der Waals surface area (Å²) < 4.78 is 10.5. The first-order chi connectivity index (χ1) is 13.6. The zero-order valence-corrected chi connectivity index (χ0v) is 16.8. The molecule has 3 rings (SSSR count). The molecule has 0 unspecified atom stereocenters. The average molecular weight is 398 g/mol. The molecule has 28 heavy (non-hydrogen) atoms. The maximum absolute atomic E-state index is 12.1. The Kier molecular flexibility index (Phi) is 6.54. The zero-order valence-electron chi connectivity index (χ0n) is 16.0. The molecule has 0 bridgehead atoms. The molecule has 0 aliphatic rings. The van der Waals surface area contributed by atoms with E-state index in [1.165, 1.54) is 17.3 Å². The molecule has 0 atom stereocenters. The van der Waals surface area contributed by atoms with E-state index in [2.05, 4.69) is 20.5 Å². The first-order valence-electron chi connectivity index (χ1n) is 8.69. The second-order valence-electron chi connectivity index (χ2n) is 6.09. The Morgan fingerprint density at radius 1 is 1.11 bits per heavy atom. The molecule has 0 saturated heterocycles. The third-order valence-corrected chi connectivity index (χ3v) is 4.91. The Morgan fingerprint density at radius 3 is 2.57 bits per heavy atom. The number of amides is 1. The molecule has 146 valence electrons. The van der Waals surface area contributed by atoms with E-state index in [1.807, 2.05) is 49.4 Å². The van der Waals surface area contributed by atoms with E-state index < -0.39 is 0 Å². The van der Waals surface area contributed by atoms with Crippen molar-refractivity contribution in [1.82, 2.24) is 20.5 Å². The quantitative estimate of drug-likeness (QED) is 0.567. The predicted molar refractivity (Wildman–Crippen MR) is 109 cm³/mol. The fraction of sp³-hybridized carbons (Fsp3) is 0.250.